The van der Waals surface area contributed by atoms with Crippen LogP contribution in [0.3, 0.4) is 0 Å². The molecule has 1 unspecified atom stereocenters. The van der Waals surface area contributed by atoms with Crippen molar-refractivity contribution in [1.29, 1.82) is 0 Å². The number of H-pyrrole nitrogens is 1. The Morgan fingerprint density at radius 3 is 2.56 bits per heavy atom. The fourth-order valence-corrected chi connectivity index (χ4v) is 2.27. The van der Waals surface area contributed by atoms with E-state index in [-0.39, 0.29) is 11.4 Å². The molecule has 100 valence electrons. The maximum atomic E-state index is 11.7. The van der Waals surface area contributed by atoms with Gasteiger partial charge in [0.25, 0.3) is 10.0 Å². The molecule has 0 aliphatic heterocycles. The van der Waals surface area contributed by atoms with Crippen molar-refractivity contribution in [2.75, 3.05) is 0 Å². The molecule has 18 heavy (non-hydrogen) atoms. The summed E-state index contributed by atoms with van der Waals surface area (Å²) in [4.78, 5) is 27.0. The number of aromatic amines is 1. The van der Waals surface area contributed by atoms with Crippen LogP contribution in [0, 0.1) is 0 Å². The van der Waals surface area contributed by atoms with Crippen LogP contribution in [-0.2, 0) is 19.6 Å². The Hall–Kier alpha value is -1.94. The van der Waals surface area contributed by atoms with E-state index in [0.29, 0.717) is 0 Å². The lowest BCUT2D eigenvalue weighted by Crippen LogP contribution is -2.41. The molecule has 0 aliphatic carbocycles. The Bertz CT molecular complexity index is 523. The maximum Gasteiger partial charge on any atom is 0.321 e. The molecule has 1 rings (SSSR count). The molecule has 1 aromatic rings. The average Bonchev–Trinajstić information content (AvgIpc) is 2.77. The third-order valence-corrected chi connectivity index (χ3v) is 3.40. The topological polar surface area (TPSA) is 149 Å². The van der Waals surface area contributed by atoms with Gasteiger partial charge in [-0.15, -0.1) is 0 Å². The number of aliphatic carboxylic acids is 2. The Labute approximate surface area is 102 Å². The first-order valence-corrected chi connectivity index (χ1v) is 6.26. The number of carbonyl (C=O) groups is 2. The number of imidazole rings is 1. The van der Waals surface area contributed by atoms with Gasteiger partial charge in [0, 0.05) is 6.42 Å². The first-order chi connectivity index (χ1) is 8.33. The number of hydrogen-bond donors (Lipinski definition) is 4. The van der Waals surface area contributed by atoms with Crippen molar-refractivity contribution in [2.24, 2.45) is 0 Å². The maximum absolute atomic E-state index is 11.7. The first kappa shape index (κ1) is 14.1. The molecule has 10 heteroatoms. The molecular weight excluding hydrogens is 266 g/mol. The van der Waals surface area contributed by atoms with E-state index in [1.165, 1.54) is 0 Å². The molecule has 1 atom stereocenters. The number of carboxylic acids is 2. The molecule has 0 saturated carbocycles. The molecule has 0 radical (unpaired) electrons. The smallest absolute Gasteiger partial charge is 0.321 e. The van der Waals surface area contributed by atoms with Crippen molar-refractivity contribution in [3.8, 4) is 0 Å². The largest absolute Gasteiger partial charge is 0.481 e. The zero-order valence-electron chi connectivity index (χ0n) is 9.03. The normalized spacial score (nSPS) is 13.1. The number of carboxylic acid groups (broad SMARTS) is 2. The van der Waals surface area contributed by atoms with Gasteiger partial charge in [-0.3, -0.25) is 9.59 Å². The van der Waals surface area contributed by atoms with Gasteiger partial charge in [0.1, 0.15) is 6.04 Å². The first-order valence-electron chi connectivity index (χ1n) is 4.78. The highest BCUT2D eigenvalue weighted by Gasteiger charge is 2.26. The molecule has 0 aliphatic rings. The van der Waals surface area contributed by atoms with Crippen molar-refractivity contribution >= 4 is 22.0 Å². The van der Waals surface area contributed by atoms with E-state index < -0.39 is 34.4 Å². The number of aromatic nitrogens is 2. The minimum atomic E-state index is -4.05. The Morgan fingerprint density at radius 1 is 1.44 bits per heavy atom. The fraction of sp³-hybridized carbons (Fsp3) is 0.375. The number of rotatable bonds is 7. The highest BCUT2D eigenvalue weighted by molar-refractivity contribution is 7.89. The highest BCUT2D eigenvalue weighted by Crippen LogP contribution is 2.06. The van der Waals surface area contributed by atoms with Crippen molar-refractivity contribution in [2.45, 2.75) is 23.9 Å². The minimum Gasteiger partial charge on any atom is -0.481 e. The molecule has 0 fully saturated rings. The molecule has 1 aromatic heterocycles. The van der Waals surface area contributed by atoms with Gasteiger partial charge in [-0.2, -0.15) is 4.72 Å². The fourth-order valence-electron chi connectivity index (χ4n) is 1.14. The lowest BCUT2D eigenvalue weighted by atomic mass is 10.2. The van der Waals surface area contributed by atoms with Gasteiger partial charge in [0.2, 0.25) is 0 Å². The summed E-state index contributed by atoms with van der Waals surface area (Å²) in [5.41, 5.74) is 0. The zero-order valence-corrected chi connectivity index (χ0v) is 9.85. The molecular formula is C8H11N3O6S. The van der Waals surface area contributed by atoms with Gasteiger partial charge in [-0.1, -0.05) is 0 Å². The van der Waals surface area contributed by atoms with Crippen LogP contribution in [0.4, 0.5) is 0 Å². The third-order valence-electron chi connectivity index (χ3n) is 2.01. The Kier molecular flexibility index (Phi) is 4.39. The van der Waals surface area contributed by atoms with Crippen molar-refractivity contribution in [3.05, 3.63) is 12.5 Å². The van der Waals surface area contributed by atoms with E-state index in [0.717, 1.165) is 12.5 Å². The van der Waals surface area contributed by atoms with Gasteiger partial charge in [0.05, 0.1) is 12.5 Å². The minimum absolute atomic E-state index is 0.288. The lowest BCUT2D eigenvalue weighted by molar-refractivity contribution is -0.140. The van der Waals surface area contributed by atoms with Crippen LogP contribution in [0.2, 0.25) is 0 Å². The van der Waals surface area contributed by atoms with E-state index in [2.05, 4.69) is 9.97 Å². The summed E-state index contributed by atoms with van der Waals surface area (Å²) < 4.78 is 25.2. The van der Waals surface area contributed by atoms with Crippen molar-refractivity contribution < 1.29 is 28.2 Å². The molecule has 4 N–H and O–H groups in total. The highest BCUT2D eigenvalue weighted by atomic mass is 32.2. The summed E-state index contributed by atoms with van der Waals surface area (Å²) in [5, 5.41) is 17.0. The predicted molar refractivity (Wildman–Crippen MR) is 57.2 cm³/mol. The standard InChI is InChI=1S/C8H11N3O6S/c12-7(13)2-1-5(8(14)15)11-18(16,17)6-3-9-4-10-6/h3-5,11H,1-2H2,(H,9,10)(H,12,13)(H,14,15). The van der Waals surface area contributed by atoms with Gasteiger partial charge < -0.3 is 15.2 Å². The molecule has 1 heterocycles. The van der Waals surface area contributed by atoms with E-state index in [1.807, 2.05) is 4.72 Å². The van der Waals surface area contributed by atoms with Crippen molar-refractivity contribution in [1.82, 2.24) is 14.7 Å². The van der Waals surface area contributed by atoms with E-state index in [4.69, 9.17) is 10.2 Å². The van der Waals surface area contributed by atoms with E-state index in [1.54, 1.807) is 0 Å². The summed E-state index contributed by atoms with van der Waals surface area (Å²) >= 11 is 0. The summed E-state index contributed by atoms with van der Waals surface area (Å²) in [6.45, 7) is 0. The van der Waals surface area contributed by atoms with Crippen LogP contribution in [0.25, 0.3) is 0 Å². The molecule has 0 bridgehead atoms. The molecule has 0 spiro atoms. The summed E-state index contributed by atoms with van der Waals surface area (Å²) in [6.07, 6.45) is 1.33. The second-order valence-corrected chi connectivity index (χ2v) is 5.04. The van der Waals surface area contributed by atoms with Crippen LogP contribution in [0.5, 0.6) is 0 Å². The second-order valence-electron chi connectivity index (χ2n) is 3.36. The van der Waals surface area contributed by atoms with Crippen molar-refractivity contribution in [3.63, 3.8) is 0 Å². The zero-order chi connectivity index (χ0) is 13.8. The second kappa shape index (κ2) is 5.60. The number of nitrogens with zero attached hydrogens (tertiary/aromatic N) is 1. The number of nitrogens with one attached hydrogen (secondary N) is 2. The molecule has 0 saturated heterocycles. The predicted octanol–water partition coefficient (Wildman–Crippen LogP) is -0.994. The van der Waals surface area contributed by atoms with Gasteiger partial charge in [-0.25, -0.2) is 13.4 Å². The van der Waals surface area contributed by atoms with E-state index in [9.17, 15) is 18.0 Å². The molecule has 9 nitrogen and oxygen atoms in total. The van der Waals surface area contributed by atoms with Crippen LogP contribution < -0.4 is 4.72 Å². The summed E-state index contributed by atoms with van der Waals surface area (Å²) in [7, 11) is -4.05. The van der Waals surface area contributed by atoms with Gasteiger partial charge >= 0.3 is 11.9 Å². The monoisotopic (exact) mass is 277 g/mol. The quantitative estimate of drug-likeness (QED) is 0.499. The van der Waals surface area contributed by atoms with Crippen LogP contribution in [0.15, 0.2) is 17.6 Å². The summed E-state index contributed by atoms with van der Waals surface area (Å²) in [6, 6.07) is -1.51. The van der Waals surface area contributed by atoms with Crippen LogP contribution in [0.1, 0.15) is 12.8 Å². The SMILES string of the molecule is O=C(O)CCC(NS(=O)(=O)c1cnc[nH]1)C(=O)O. The molecule has 0 amide bonds. The van der Waals surface area contributed by atoms with E-state index >= 15 is 0 Å². The molecule has 0 aromatic carbocycles. The number of hydrogen-bond acceptors (Lipinski definition) is 5. The Morgan fingerprint density at radius 2 is 2.11 bits per heavy atom. The third kappa shape index (κ3) is 3.82. The van der Waals surface area contributed by atoms with Gasteiger partial charge in [-0.05, 0) is 6.42 Å². The van der Waals surface area contributed by atoms with Crippen LogP contribution >= 0.6 is 0 Å². The van der Waals surface area contributed by atoms with Crippen LogP contribution in [-0.4, -0.2) is 46.6 Å². The average molecular weight is 277 g/mol. The lowest BCUT2D eigenvalue weighted by Gasteiger charge is -2.12. The summed E-state index contributed by atoms with van der Waals surface area (Å²) in [5.74, 6) is -2.65. The van der Waals surface area contributed by atoms with Gasteiger partial charge in [0.15, 0.2) is 5.03 Å². The number of sulfonamides is 1. The Balaban J connectivity index is 2.78.